The molecule has 6 heteroatoms. The number of likely N-dealkylation sites (tertiary alicyclic amines) is 1. The summed E-state index contributed by atoms with van der Waals surface area (Å²) in [6.07, 6.45) is 2.42. The zero-order valence-electron chi connectivity index (χ0n) is 11.4. The molecule has 1 atom stereocenters. The minimum Gasteiger partial charge on any atom is -0.467 e. The summed E-state index contributed by atoms with van der Waals surface area (Å²) in [5.41, 5.74) is 0.552. The monoisotopic (exact) mass is 266 g/mol. The lowest BCUT2D eigenvalue weighted by molar-refractivity contribution is -0.147. The zero-order chi connectivity index (χ0) is 14.0. The second-order valence-corrected chi connectivity index (χ2v) is 4.68. The number of oxazole rings is 1. The van der Waals surface area contributed by atoms with E-state index in [-0.39, 0.29) is 17.6 Å². The molecule has 19 heavy (non-hydrogen) atoms. The first-order chi connectivity index (χ1) is 9.04. The molecule has 6 nitrogen and oxygen atoms in total. The third kappa shape index (κ3) is 2.62. The summed E-state index contributed by atoms with van der Waals surface area (Å²) in [6.45, 7) is 3.95. The van der Waals surface area contributed by atoms with Crippen molar-refractivity contribution in [3.05, 3.63) is 17.3 Å². The number of methoxy groups -OCH3 is 1. The van der Waals surface area contributed by atoms with E-state index in [2.05, 4.69) is 4.98 Å². The summed E-state index contributed by atoms with van der Waals surface area (Å²) in [4.78, 5) is 29.8. The average molecular weight is 266 g/mol. The van der Waals surface area contributed by atoms with Crippen LogP contribution in [0.25, 0.3) is 0 Å². The molecule has 0 saturated carbocycles. The van der Waals surface area contributed by atoms with Crippen LogP contribution in [0.2, 0.25) is 0 Å². The van der Waals surface area contributed by atoms with Crippen molar-refractivity contribution in [2.75, 3.05) is 13.7 Å². The SMILES string of the molecule is COC(=O)[C@H]1CCCCN1C(=O)c1oc(C)nc1C. The molecule has 0 N–H and O–H groups in total. The van der Waals surface area contributed by atoms with Gasteiger partial charge in [-0.15, -0.1) is 0 Å². The van der Waals surface area contributed by atoms with Crippen LogP contribution >= 0.6 is 0 Å². The quantitative estimate of drug-likeness (QED) is 0.758. The lowest BCUT2D eigenvalue weighted by Gasteiger charge is -2.33. The number of amides is 1. The van der Waals surface area contributed by atoms with Gasteiger partial charge >= 0.3 is 5.97 Å². The van der Waals surface area contributed by atoms with Gasteiger partial charge in [0.05, 0.1) is 12.8 Å². The first-order valence-corrected chi connectivity index (χ1v) is 6.37. The van der Waals surface area contributed by atoms with Gasteiger partial charge < -0.3 is 14.1 Å². The molecule has 0 aromatic carbocycles. The highest BCUT2D eigenvalue weighted by Crippen LogP contribution is 2.22. The fourth-order valence-corrected chi connectivity index (χ4v) is 2.42. The van der Waals surface area contributed by atoms with Crippen molar-refractivity contribution in [2.24, 2.45) is 0 Å². The molecule has 1 saturated heterocycles. The molecule has 1 aromatic rings. The van der Waals surface area contributed by atoms with Gasteiger partial charge in [-0.2, -0.15) is 0 Å². The Hall–Kier alpha value is -1.85. The minimum absolute atomic E-state index is 0.216. The van der Waals surface area contributed by atoms with Crippen molar-refractivity contribution in [1.82, 2.24) is 9.88 Å². The molecular formula is C13H18N2O4. The first kappa shape index (κ1) is 13.6. The lowest BCUT2D eigenvalue weighted by Crippen LogP contribution is -2.48. The molecule has 0 unspecified atom stereocenters. The van der Waals surface area contributed by atoms with E-state index in [1.165, 1.54) is 12.0 Å². The van der Waals surface area contributed by atoms with Gasteiger partial charge in [0.2, 0.25) is 5.76 Å². The fourth-order valence-electron chi connectivity index (χ4n) is 2.42. The first-order valence-electron chi connectivity index (χ1n) is 6.37. The van der Waals surface area contributed by atoms with E-state index < -0.39 is 6.04 Å². The van der Waals surface area contributed by atoms with Crippen molar-refractivity contribution in [2.45, 2.75) is 39.2 Å². The predicted molar refractivity (Wildman–Crippen MR) is 66.7 cm³/mol. The number of aromatic nitrogens is 1. The Morgan fingerprint density at radius 1 is 1.37 bits per heavy atom. The van der Waals surface area contributed by atoms with Crippen LogP contribution in [0.15, 0.2) is 4.42 Å². The molecule has 2 rings (SSSR count). The Morgan fingerprint density at radius 3 is 2.68 bits per heavy atom. The summed E-state index contributed by atoms with van der Waals surface area (Å²) in [5.74, 6) is 0.0101. The van der Waals surface area contributed by atoms with Crippen molar-refractivity contribution >= 4 is 11.9 Å². The van der Waals surface area contributed by atoms with Crippen molar-refractivity contribution < 1.29 is 18.7 Å². The second kappa shape index (κ2) is 5.42. The number of carbonyl (C=O) groups excluding carboxylic acids is 2. The Morgan fingerprint density at radius 2 is 2.11 bits per heavy atom. The van der Waals surface area contributed by atoms with Crippen molar-refractivity contribution in [3.63, 3.8) is 0 Å². The molecule has 2 heterocycles. The molecule has 0 bridgehead atoms. The van der Waals surface area contributed by atoms with Gasteiger partial charge in [0.25, 0.3) is 5.91 Å². The standard InChI is InChI=1S/C13H18N2O4/c1-8-11(19-9(2)14-8)12(16)15-7-5-4-6-10(15)13(17)18-3/h10H,4-7H2,1-3H3/t10-/m1/s1. The van der Waals surface area contributed by atoms with E-state index in [0.29, 0.717) is 24.6 Å². The van der Waals surface area contributed by atoms with Gasteiger partial charge in [0.15, 0.2) is 5.89 Å². The normalized spacial score (nSPS) is 19.3. The minimum atomic E-state index is -0.518. The predicted octanol–water partition coefficient (Wildman–Crippen LogP) is 1.46. The Balaban J connectivity index is 2.25. The van der Waals surface area contributed by atoms with E-state index in [1.54, 1.807) is 13.8 Å². The summed E-state index contributed by atoms with van der Waals surface area (Å²) in [7, 11) is 1.34. The molecule has 1 amide bonds. The van der Waals surface area contributed by atoms with Crippen LogP contribution in [0.4, 0.5) is 0 Å². The van der Waals surface area contributed by atoms with Gasteiger partial charge in [-0.1, -0.05) is 0 Å². The van der Waals surface area contributed by atoms with E-state index in [1.807, 2.05) is 0 Å². The van der Waals surface area contributed by atoms with Crippen LogP contribution in [0.1, 0.15) is 41.4 Å². The lowest BCUT2D eigenvalue weighted by atomic mass is 10.0. The van der Waals surface area contributed by atoms with E-state index in [4.69, 9.17) is 9.15 Å². The molecule has 1 aromatic heterocycles. The molecule has 1 aliphatic rings. The summed E-state index contributed by atoms with van der Waals surface area (Å²) in [6, 6.07) is -0.518. The Labute approximate surface area is 111 Å². The van der Waals surface area contributed by atoms with Gasteiger partial charge in [0, 0.05) is 13.5 Å². The van der Waals surface area contributed by atoms with Crippen LogP contribution in [0, 0.1) is 13.8 Å². The van der Waals surface area contributed by atoms with E-state index in [9.17, 15) is 9.59 Å². The number of rotatable bonds is 2. The average Bonchev–Trinajstić information content (AvgIpc) is 2.76. The van der Waals surface area contributed by atoms with Crippen LogP contribution in [0.5, 0.6) is 0 Å². The topological polar surface area (TPSA) is 72.6 Å². The Bertz CT molecular complexity index is 495. The molecule has 1 fully saturated rings. The van der Waals surface area contributed by atoms with Crippen molar-refractivity contribution in [3.8, 4) is 0 Å². The number of piperidine rings is 1. The van der Waals surface area contributed by atoms with Gasteiger partial charge in [0.1, 0.15) is 6.04 Å². The number of hydrogen-bond acceptors (Lipinski definition) is 5. The zero-order valence-corrected chi connectivity index (χ0v) is 11.4. The summed E-state index contributed by atoms with van der Waals surface area (Å²) >= 11 is 0. The maximum atomic E-state index is 12.4. The van der Waals surface area contributed by atoms with Crippen LogP contribution in [-0.4, -0.2) is 41.5 Å². The van der Waals surface area contributed by atoms with Crippen LogP contribution < -0.4 is 0 Å². The smallest absolute Gasteiger partial charge is 0.328 e. The highest BCUT2D eigenvalue weighted by Gasteiger charge is 2.35. The molecule has 0 aliphatic carbocycles. The number of hydrogen-bond donors (Lipinski definition) is 0. The van der Waals surface area contributed by atoms with E-state index >= 15 is 0 Å². The van der Waals surface area contributed by atoms with E-state index in [0.717, 1.165) is 12.8 Å². The highest BCUT2D eigenvalue weighted by atomic mass is 16.5. The number of carbonyl (C=O) groups is 2. The summed E-state index contributed by atoms with van der Waals surface area (Å²) in [5, 5.41) is 0. The van der Waals surface area contributed by atoms with Crippen LogP contribution in [-0.2, 0) is 9.53 Å². The molecule has 0 spiro atoms. The summed E-state index contributed by atoms with van der Waals surface area (Å²) < 4.78 is 10.1. The number of nitrogens with zero attached hydrogens (tertiary/aromatic N) is 2. The van der Waals surface area contributed by atoms with Gasteiger partial charge in [-0.3, -0.25) is 4.79 Å². The molecule has 104 valence electrons. The number of ether oxygens (including phenoxy) is 1. The number of esters is 1. The maximum absolute atomic E-state index is 12.4. The molecule has 1 aliphatic heterocycles. The number of aryl methyl sites for hydroxylation is 2. The van der Waals surface area contributed by atoms with Gasteiger partial charge in [-0.05, 0) is 26.2 Å². The highest BCUT2D eigenvalue weighted by molar-refractivity contribution is 5.95. The third-order valence-electron chi connectivity index (χ3n) is 3.33. The largest absolute Gasteiger partial charge is 0.467 e. The fraction of sp³-hybridized carbons (Fsp3) is 0.615. The van der Waals surface area contributed by atoms with Crippen LogP contribution in [0.3, 0.4) is 0 Å². The third-order valence-corrected chi connectivity index (χ3v) is 3.33. The maximum Gasteiger partial charge on any atom is 0.328 e. The molecule has 0 radical (unpaired) electrons. The van der Waals surface area contributed by atoms with Gasteiger partial charge in [-0.25, -0.2) is 9.78 Å². The molecular weight excluding hydrogens is 248 g/mol. The second-order valence-electron chi connectivity index (χ2n) is 4.68. The van der Waals surface area contributed by atoms with Crippen molar-refractivity contribution in [1.29, 1.82) is 0 Å². The Kier molecular flexibility index (Phi) is 3.87.